The third-order valence-electron chi connectivity index (χ3n) is 2.70. The van der Waals surface area contributed by atoms with Crippen LogP contribution in [0.3, 0.4) is 0 Å². The van der Waals surface area contributed by atoms with Gasteiger partial charge in [0.05, 0.1) is 0 Å². The Morgan fingerprint density at radius 2 is 1.44 bits per heavy atom. The van der Waals surface area contributed by atoms with Gasteiger partial charge < -0.3 is 10.8 Å². The van der Waals surface area contributed by atoms with Crippen LogP contribution >= 0.6 is 0 Å². The van der Waals surface area contributed by atoms with Gasteiger partial charge in [-0.05, 0) is 22.5 Å². The summed E-state index contributed by atoms with van der Waals surface area (Å²) in [6, 6.07) is 3.61. The van der Waals surface area contributed by atoms with Gasteiger partial charge in [0.2, 0.25) is 0 Å². The molecule has 0 saturated heterocycles. The van der Waals surface area contributed by atoms with Gasteiger partial charge in [-0.15, -0.1) is 0 Å². The summed E-state index contributed by atoms with van der Waals surface area (Å²) in [4.78, 5) is 0. The SMILES string of the molecule is CC(C)(C)c1cc(N)cc(O)c1C(C)(C)C. The second-order valence-corrected chi connectivity index (χ2v) is 6.46. The fraction of sp³-hybridized carbons (Fsp3) is 0.571. The Kier molecular flexibility index (Phi) is 2.97. The maximum absolute atomic E-state index is 10.1. The summed E-state index contributed by atoms with van der Waals surface area (Å²) in [6.07, 6.45) is 0. The Balaban J connectivity index is 3.58. The second kappa shape index (κ2) is 3.69. The van der Waals surface area contributed by atoms with Crippen LogP contribution in [0.5, 0.6) is 5.75 Å². The van der Waals surface area contributed by atoms with Crippen molar-refractivity contribution in [3.8, 4) is 5.75 Å². The quantitative estimate of drug-likeness (QED) is 0.658. The Hall–Kier alpha value is -1.18. The fourth-order valence-electron chi connectivity index (χ4n) is 2.03. The smallest absolute Gasteiger partial charge is 0.121 e. The monoisotopic (exact) mass is 221 g/mol. The van der Waals surface area contributed by atoms with Crippen LogP contribution in [-0.2, 0) is 10.8 Å². The molecule has 0 bridgehead atoms. The molecule has 90 valence electrons. The van der Waals surface area contributed by atoms with E-state index in [1.54, 1.807) is 6.07 Å². The average molecular weight is 221 g/mol. The second-order valence-electron chi connectivity index (χ2n) is 6.46. The van der Waals surface area contributed by atoms with E-state index in [1.165, 1.54) is 0 Å². The fourth-order valence-corrected chi connectivity index (χ4v) is 2.03. The molecule has 0 radical (unpaired) electrons. The zero-order valence-electron chi connectivity index (χ0n) is 11.2. The normalized spacial score (nSPS) is 12.9. The summed E-state index contributed by atoms with van der Waals surface area (Å²) in [5.41, 5.74) is 8.45. The third kappa shape index (κ3) is 2.49. The van der Waals surface area contributed by atoms with Crippen molar-refractivity contribution in [3.63, 3.8) is 0 Å². The summed E-state index contributed by atoms with van der Waals surface area (Å²) in [6.45, 7) is 12.7. The van der Waals surface area contributed by atoms with Gasteiger partial charge in [-0.2, -0.15) is 0 Å². The highest BCUT2D eigenvalue weighted by molar-refractivity contribution is 5.56. The third-order valence-corrected chi connectivity index (χ3v) is 2.70. The van der Waals surface area contributed by atoms with Crippen LogP contribution < -0.4 is 5.73 Å². The summed E-state index contributed by atoms with van der Waals surface area (Å²) in [5.74, 6) is 0.303. The summed E-state index contributed by atoms with van der Waals surface area (Å²) < 4.78 is 0. The topological polar surface area (TPSA) is 46.2 Å². The van der Waals surface area contributed by atoms with Crippen LogP contribution in [-0.4, -0.2) is 5.11 Å². The molecular formula is C14H23NO. The van der Waals surface area contributed by atoms with Crippen molar-refractivity contribution >= 4 is 5.69 Å². The van der Waals surface area contributed by atoms with E-state index in [0.29, 0.717) is 11.4 Å². The van der Waals surface area contributed by atoms with Gasteiger partial charge in [-0.3, -0.25) is 0 Å². The number of phenols is 1. The highest BCUT2D eigenvalue weighted by atomic mass is 16.3. The van der Waals surface area contributed by atoms with Crippen molar-refractivity contribution in [2.24, 2.45) is 0 Å². The molecule has 1 rings (SSSR count). The van der Waals surface area contributed by atoms with E-state index in [2.05, 4.69) is 41.5 Å². The van der Waals surface area contributed by atoms with Crippen molar-refractivity contribution in [2.45, 2.75) is 52.4 Å². The molecule has 0 spiro atoms. The Labute approximate surface area is 98.5 Å². The van der Waals surface area contributed by atoms with Crippen LogP contribution in [0.2, 0.25) is 0 Å². The number of benzene rings is 1. The molecule has 16 heavy (non-hydrogen) atoms. The predicted octanol–water partition coefficient (Wildman–Crippen LogP) is 3.57. The number of nitrogens with two attached hydrogens (primary N) is 1. The first-order chi connectivity index (χ1) is 7.03. The van der Waals surface area contributed by atoms with Crippen molar-refractivity contribution < 1.29 is 5.11 Å². The molecule has 0 heterocycles. The van der Waals surface area contributed by atoms with Gasteiger partial charge in [0, 0.05) is 17.3 Å². The van der Waals surface area contributed by atoms with Gasteiger partial charge in [-0.25, -0.2) is 0 Å². The first kappa shape index (κ1) is 12.9. The summed E-state index contributed by atoms with van der Waals surface area (Å²) >= 11 is 0. The van der Waals surface area contributed by atoms with E-state index in [-0.39, 0.29) is 10.8 Å². The van der Waals surface area contributed by atoms with Gasteiger partial charge >= 0.3 is 0 Å². The minimum absolute atomic E-state index is 0.0184. The van der Waals surface area contributed by atoms with Crippen molar-refractivity contribution in [1.82, 2.24) is 0 Å². The maximum Gasteiger partial charge on any atom is 0.121 e. The van der Waals surface area contributed by atoms with E-state index in [4.69, 9.17) is 5.73 Å². The minimum atomic E-state index is -0.0829. The molecule has 0 atom stereocenters. The maximum atomic E-state index is 10.1. The molecule has 0 saturated carbocycles. The number of nitrogen functional groups attached to an aromatic ring is 1. The lowest BCUT2D eigenvalue weighted by molar-refractivity contribution is 0.436. The van der Waals surface area contributed by atoms with Gasteiger partial charge in [-0.1, -0.05) is 41.5 Å². The molecule has 0 unspecified atom stereocenters. The number of phenolic OH excluding ortho intramolecular Hbond substituents is 1. The van der Waals surface area contributed by atoms with Crippen LogP contribution in [0.25, 0.3) is 0 Å². The number of hydrogen-bond donors (Lipinski definition) is 2. The molecule has 0 aromatic heterocycles. The largest absolute Gasteiger partial charge is 0.508 e. The standard InChI is InChI=1S/C14H23NO/c1-13(2,3)10-7-9(15)8-11(16)12(10)14(4,5)6/h7-8,16H,15H2,1-6H3. The van der Waals surface area contributed by atoms with Crippen molar-refractivity contribution in [3.05, 3.63) is 23.3 Å². The van der Waals surface area contributed by atoms with Crippen LogP contribution in [0.15, 0.2) is 12.1 Å². The molecule has 0 amide bonds. The highest BCUT2D eigenvalue weighted by Crippen LogP contribution is 2.40. The van der Waals surface area contributed by atoms with Gasteiger partial charge in [0.1, 0.15) is 5.75 Å². The van der Waals surface area contributed by atoms with E-state index in [9.17, 15) is 5.11 Å². The minimum Gasteiger partial charge on any atom is -0.508 e. The molecular weight excluding hydrogens is 198 g/mol. The Morgan fingerprint density at radius 3 is 1.81 bits per heavy atom. The highest BCUT2D eigenvalue weighted by Gasteiger charge is 2.28. The van der Waals surface area contributed by atoms with Crippen LogP contribution in [0.1, 0.15) is 52.7 Å². The van der Waals surface area contributed by atoms with Gasteiger partial charge in [0.25, 0.3) is 0 Å². The Morgan fingerprint density at radius 1 is 0.938 bits per heavy atom. The predicted molar refractivity (Wildman–Crippen MR) is 69.9 cm³/mol. The molecule has 1 aromatic rings. The lowest BCUT2D eigenvalue weighted by Crippen LogP contribution is -2.22. The molecule has 3 N–H and O–H groups in total. The van der Waals surface area contributed by atoms with E-state index < -0.39 is 0 Å². The van der Waals surface area contributed by atoms with Crippen LogP contribution in [0.4, 0.5) is 5.69 Å². The lowest BCUT2D eigenvalue weighted by Gasteiger charge is -2.31. The lowest BCUT2D eigenvalue weighted by atomic mass is 9.74. The molecule has 0 fully saturated rings. The molecule has 2 heteroatoms. The Bertz CT molecular complexity index is 394. The first-order valence-corrected chi connectivity index (χ1v) is 5.67. The molecule has 1 aromatic carbocycles. The average Bonchev–Trinajstić information content (AvgIpc) is 1.97. The van der Waals surface area contributed by atoms with Gasteiger partial charge in [0.15, 0.2) is 0 Å². The first-order valence-electron chi connectivity index (χ1n) is 5.67. The molecule has 0 aliphatic heterocycles. The zero-order chi connectivity index (χ0) is 12.7. The van der Waals surface area contributed by atoms with Crippen molar-refractivity contribution in [2.75, 3.05) is 5.73 Å². The molecule has 0 aliphatic carbocycles. The van der Waals surface area contributed by atoms with E-state index in [0.717, 1.165) is 11.1 Å². The van der Waals surface area contributed by atoms with E-state index in [1.807, 2.05) is 6.07 Å². The number of anilines is 1. The molecule has 0 aliphatic rings. The van der Waals surface area contributed by atoms with Crippen LogP contribution in [0, 0.1) is 0 Å². The molecule has 2 nitrogen and oxygen atoms in total. The zero-order valence-corrected chi connectivity index (χ0v) is 11.2. The summed E-state index contributed by atoms with van der Waals surface area (Å²) in [5, 5.41) is 10.1. The van der Waals surface area contributed by atoms with Crippen molar-refractivity contribution in [1.29, 1.82) is 0 Å². The van der Waals surface area contributed by atoms with E-state index >= 15 is 0 Å². The number of rotatable bonds is 0. The number of hydrogen-bond acceptors (Lipinski definition) is 2. The summed E-state index contributed by atoms with van der Waals surface area (Å²) in [7, 11) is 0. The number of aromatic hydroxyl groups is 1.